The lowest BCUT2D eigenvalue weighted by Gasteiger charge is -2.21. The van der Waals surface area contributed by atoms with E-state index in [2.05, 4.69) is 22.1 Å². The molecule has 1 fully saturated rings. The van der Waals surface area contributed by atoms with E-state index in [1.165, 1.54) is 11.1 Å². The molecule has 1 aliphatic rings. The van der Waals surface area contributed by atoms with Crippen molar-refractivity contribution >= 4 is 17.2 Å². The van der Waals surface area contributed by atoms with Gasteiger partial charge in [0.15, 0.2) is 5.69 Å². The van der Waals surface area contributed by atoms with E-state index in [0.29, 0.717) is 11.6 Å². The summed E-state index contributed by atoms with van der Waals surface area (Å²) >= 11 is 1.70. The Morgan fingerprint density at radius 3 is 3.14 bits per heavy atom. The van der Waals surface area contributed by atoms with Crippen molar-refractivity contribution in [2.24, 2.45) is 5.92 Å². The third kappa shape index (κ3) is 3.36. The molecule has 0 spiro atoms. The highest BCUT2D eigenvalue weighted by atomic mass is 32.1. The molecule has 1 saturated heterocycles. The Balaban J connectivity index is 1.50. The number of aromatic nitrogens is 2. The molecule has 2 aromatic heterocycles. The lowest BCUT2D eigenvalue weighted by molar-refractivity contribution is 0.0774. The van der Waals surface area contributed by atoms with Gasteiger partial charge in [-0.25, -0.2) is 4.98 Å². The highest BCUT2D eigenvalue weighted by Gasteiger charge is 2.28. The molecule has 0 N–H and O–H groups in total. The summed E-state index contributed by atoms with van der Waals surface area (Å²) in [5.74, 6) is 0.478. The second-order valence-electron chi connectivity index (χ2n) is 5.85. The quantitative estimate of drug-likeness (QED) is 0.843. The SMILES string of the molecule is Cc1ncsc1CN(C)CC1CCN(C(=O)c2ccon2)C1. The van der Waals surface area contributed by atoms with Crippen LogP contribution in [-0.2, 0) is 6.54 Å². The van der Waals surface area contributed by atoms with Crippen LogP contribution >= 0.6 is 11.3 Å². The van der Waals surface area contributed by atoms with Gasteiger partial charge in [-0.05, 0) is 26.3 Å². The Morgan fingerprint density at radius 1 is 1.59 bits per heavy atom. The maximum atomic E-state index is 12.2. The van der Waals surface area contributed by atoms with Gasteiger partial charge >= 0.3 is 0 Å². The van der Waals surface area contributed by atoms with E-state index in [1.807, 2.05) is 17.3 Å². The van der Waals surface area contributed by atoms with Crippen molar-refractivity contribution in [1.29, 1.82) is 0 Å². The summed E-state index contributed by atoms with van der Waals surface area (Å²) in [5, 5.41) is 3.72. The first-order chi connectivity index (χ1) is 10.6. The number of hydrogen-bond donors (Lipinski definition) is 0. The molecule has 3 heterocycles. The third-order valence-corrected chi connectivity index (χ3v) is 4.98. The van der Waals surface area contributed by atoms with Gasteiger partial charge in [-0.2, -0.15) is 0 Å². The van der Waals surface area contributed by atoms with Crippen LogP contribution in [-0.4, -0.2) is 52.5 Å². The molecule has 0 bridgehead atoms. The second-order valence-corrected chi connectivity index (χ2v) is 6.79. The Labute approximate surface area is 133 Å². The summed E-state index contributed by atoms with van der Waals surface area (Å²) < 4.78 is 4.75. The van der Waals surface area contributed by atoms with Crippen molar-refractivity contribution in [3.8, 4) is 0 Å². The lowest BCUT2D eigenvalue weighted by atomic mass is 10.1. The molecular formula is C15H20N4O2S. The molecule has 118 valence electrons. The zero-order valence-electron chi connectivity index (χ0n) is 12.9. The summed E-state index contributed by atoms with van der Waals surface area (Å²) in [6.45, 7) is 5.54. The molecule has 7 heteroatoms. The monoisotopic (exact) mass is 320 g/mol. The summed E-state index contributed by atoms with van der Waals surface area (Å²) in [6.07, 6.45) is 2.47. The van der Waals surface area contributed by atoms with Crippen molar-refractivity contribution in [2.45, 2.75) is 19.9 Å². The number of rotatable bonds is 5. The molecule has 0 saturated carbocycles. The van der Waals surface area contributed by atoms with Crippen LogP contribution in [0, 0.1) is 12.8 Å². The fourth-order valence-electron chi connectivity index (χ4n) is 2.88. The summed E-state index contributed by atoms with van der Waals surface area (Å²) in [7, 11) is 2.13. The molecule has 3 rings (SSSR count). The predicted octanol–water partition coefficient (Wildman–Crippen LogP) is 2.03. The van der Waals surface area contributed by atoms with Crippen molar-refractivity contribution < 1.29 is 9.32 Å². The first-order valence-corrected chi connectivity index (χ1v) is 8.28. The Bertz CT molecular complexity index is 625. The van der Waals surface area contributed by atoms with Crippen LogP contribution in [0.15, 0.2) is 22.4 Å². The number of hydrogen-bond acceptors (Lipinski definition) is 6. The topological polar surface area (TPSA) is 62.5 Å². The van der Waals surface area contributed by atoms with E-state index < -0.39 is 0 Å². The van der Waals surface area contributed by atoms with Gasteiger partial charge in [0.05, 0.1) is 11.2 Å². The van der Waals surface area contributed by atoms with Crippen LogP contribution in [0.3, 0.4) is 0 Å². The van der Waals surface area contributed by atoms with Gasteiger partial charge in [-0.15, -0.1) is 11.3 Å². The van der Waals surface area contributed by atoms with Crippen LogP contribution in [0.2, 0.25) is 0 Å². The maximum absolute atomic E-state index is 12.2. The van der Waals surface area contributed by atoms with Crippen LogP contribution in [0.4, 0.5) is 0 Å². The molecule has 0 aromatic carbocycles. The second kappa shape index (κ2) is 6.58. The number of amides is 1. The molecular weight excluding hydrogens is 300 g/mol. The van der Waals surface area contributed by atoms with E-state index in [0.717, 1.165) is 38.3 Å². The maximum Gasteiger partial charge on any atom is 0.276 e. The minimum Gasteiger partial charge on any atom is -0.364 e. The molecule has 0 aliphatic carbocycles. The van der Waals surface area contributed by atoms with Crippen molar-refractivity contribution in [3.63, 3.8) is 0 Å². The van der Waals surface area contributed by atoms with Crippen LogP contribution < -0.4 is 0 Å². The van der Waals surface area contributed by atoms with Gasteiger partial charge in [-0.1, -0.05) is 5.16 Å². The first-order valence-electron chi connectivity index (χ1n) is 7.40. The average Bonchev–Trinajstić information content (AvgIpc) is 3.21. The Morgan fingerprint density at radius 2 is 2.45 bits per heavy atom. The minimum absolute atomic E-state index is 0.0304. The zero-order chi connectivity index (χ0) is 15.5. The van der Waals surface area contributed by atoms with E-state index in [-0.39, 0.29) is 5.91 Å². The molecule has 1 atom stereocenters. The molecule has 6 nitrogen and oxygen atoms in total. The molecule has 1 unspecified atom stereocenters. The average molecular weight is 320 g/mol. The summed E-state index contributed by atoms with van der Waals surface area (Å²) in [5.41, 5.74) is 3.41. The van der Waals surface area contributed by atoms with E-state index >= 15 is 0 Å². The molecule has 0 radical (unpaired) electrons. The minimum atomic E-state index is -0.0304. The molecule has 1 aliphatic heterocycles. The lowest BCUT2D eigenvalue weighted by Crippen LogP contribution is -2.31. The van der Waals surface area contributed by atoms with Crippen molar-refractivity contribution in [1.82, 2.24) is 19.9 Å². The number of thiazole rings is 1. The first kappa shape index (κ1) is 15.2. The van der Waals surface area contributed by atoms with Gasteiger partial charge in [0.25, 0.3) is 5.91 Å². The fourth-order valence-corrected chi connectivity index (χ4v) is 3.74. The van der Waals surface area contributed by atoms with E-state index in [1.54, 1.807) is 17.4 Å². The number of carbonyl (C=O) groups excluding carboxylic acids is 1. The third-order valence-electron chi connectivity index (χ3n) is 4.06. The fraction of sp³-hybridized carbons (Fsp3) is 0.533. The van der Waals surface area contributed by atoms with Crippen molar-refractivity contribution in [3.05, 3.63) is 34.1 Å². The molecule has 2 aromatic rings. The highest BCUT2D eigenvalue weighted by Crippen LogP contribution is 2.21. The smallest absolute Gasteiger partial charge is 0.276 e. The van der Waals surface area contributed by atoms with Gasteiger partial charge < -0.3 is 14.3 Å². The zero-order valence-corrected chi connectivity index (χ0v) is 13.7. The highest BCUT2D eigenvalue weighted by molar-refractivity contribution is 7.09. The predicted molar refractivity (Wildman–Crippen MR) is 83.7 cm³/mol. The number of aryl methyl sites for hydroxylation is 1. The normalized spacial score (nSPS) is 18.3. The molecule has 1 amide bonds. The van der Waals surface area contributed by atoms with Crippen LogP contribution in [0.5, 0.6) is 0 Å². The van der Waals surface area contributed by atoms with E-state index in [9.17, 15) is 4.79 Å². The van der Waals surface area contributed by atoms with Crippen LogP contribution in [0.1, 0.15) is 27.5 Å². The number of likely N-dealkylation sites (tertiary alicyclic amines) is 1. The Kier molecular flexibility index (Phi) is 4.54. The number of carbonyl (C=O) groups is 1. The van der Waals surface area contributed by atoms with Crippen molar-refractivity contribution in [2.75, 3.05) is 26.7 Å². The Hall–Kier alpha value is -1.73. The summed E-state index contributed by atoms with van der Waals surface area (Å²) in [6, 6.07) is 1.62. The van der Waals surface area contributed by atoms with Gasteiger partial charge in [-0.3, -0.25) is 4.79 Å². The largest absolute Gasteiger partial charge is 0.364 e. The summed E-state index contributed by atoms with van der Waals surface area (Å²) in [4.78, 5) is 22.0. The van der Waals surface area contributed by atoms with Gasteiger partial charge in [0, 0.05) is 37.1 Å². The standard InChI is InChI=1S/C15H20N4O2S/c1-11-14(22-10-16-11)9-18(2)7-12-3-5-19(8-12)15(20)13-4-6-21-17-13/h4,6,10,12H,3,5,7-9H2,1-2H3. The van der Waals surface area contributed by atoms with Crippen LogP contribution in [0.25, 0.3) is 0 Å². The van der Waals surface area contributed by atoms with E-state index in [4.69, 9.17) is 4.52 Å². The molecule has 22 heavy (non-hydrogen) atoms. The number of nitrogens with zero attached hydrogens (tertiary/aromatic N) is 4. The van der Waals surface area contributed by atoms with Gasteiger partial charge in [0.1, 0.15) is 6.26 Å². The van der Waals surface area contributed by atoms with Gasteiger partial charge in [0.2, 0.25) is 0 Å².